The molecule has 1 atom stereocenters. The van der Waals surface area contributed by atoms with Crippen molar-refractivity contribution in [2.75, 3.05) is 0 Å². The molecule has 1 unspecified atom stereocenters. The van der Waals surface area contributed by atoms with Crippen molar-refractivity contribution in [2.45, 2.75) is 32.0 Å². The molecule has 0 bridgehead atoms. The van der Waals surface area contributed by atoms with Crippen LogP contribution in [-0.4, -0.2) is 6.18 Å². The molecular weight excluding hydrogens is 203 g/mol. The minimum absolute atomic E-state index is 0.595. The zero-order valence-electron chi connectivity index (χ0n) is 8.51. The van der Waals surface area contributed by atoms with Gasteiger partial charge in [0.15, 0.2) is 0 Å². The Labute approximate surface area is 87.1 Å². The maximum atomic E-state index is 12.1. The Balaban J connectivity index is 2.86. The molecule has 0 fully saturated rings. The fourth-order valence-corrected chi connectivity index (χ4v) is 1.58. The highest BCUT2D eigenvalue weighted by Crippen LogP contribution is 2.29. The molecule has 1 rings (SSSR count). The van der Waals surface area contributed by atoms with E-state index < -0.39 is 18.6 Å². The number of alkyl halides is 3. The Morgan fingerprint density at radius 1 is 1.27 bits per heavy atom. The van der Waals surface area contributed by atoms with E-state index in [9.17, 15) is 13.2 Å². The highest BCUT2D eigenvalue weighted by atomic mass is 19.4. The third kappa shape index (κ3) is 3.55. The van der Waals surface area contributed by atoms with E-state index in [0.29, 0.717) is 12.0 Å². The van der Waals surface area contributed by atoms with Gasteiger partial charge in [0, 0.05) is 6.04 Å². The molecule has 1 aromatic carbocycles. The summed E-state index contributed by atoms with van der Waals surface area (Å²) in [5.74, 6) is 0. The van der Waals surface area contributed by atoms with Crippen molar-refractivity contribution in [3.8, 4) is 0 Å². The van der Waals surface area contributed by atoms with E-state index in [1.807, 2.05) is 19.1 Å². The van der Waals surface area contributed by atoms with Gasteiger partial charge < -0.3 is 5.73 Å². The predicted octanol–water partition coefficient (Wildman–Crippen LogP) is 3.20. The molecule has 0 saturated heterocycles. The van der Waals surface area contributed by atoms with E-state index in [1.165, 1.54) is 0 Å². The summed E-state index contributed by atoms with van der Waals surface area (Å²) >= 11 is 0. The lowest BCUT2D eigenvalue weighted by Crippen LogP contribution is -2.21. The standard InChI is InChI=1S/C11H14F3N/c1-2-8-5-3-4-6-9(8)10(15)7-11(12,13)14/h3-6,10H,2,7,15H2,1H3. The van der Waals surface area contributed by atoms with Gasteiger partial charge in [-0.05, 0) is 17.5 Å². The number of aryl methyl sites for hydroxylation is 1. The lowest BCUT2D eigenvalue weighted by Gasteiger charge is -2.17. The van der Waals surface area contributed by atoms with Gasteiger partial charge in [-0.15, -0.1) is 0 Å². The van der Waals surface area contributed by atoms with Gasteiger partial charge in [0.1, 0.15) is 0 Å². The Hall–Kier alpha value is -1.03. The number of halogens is 3. The molecule has 0 aromatic heterocycles. The van der Waals surface area contributed by atoms with E-state index in [0.717, 1.165) is 5.56 Å². The Morgan fingerprint density at radius 3 is 2.40 bits per heavy atom. The summed E-state index contributed by atoms with van der Waals surface area (Å²) in [4.78, 5) is 0. The molecule has 1 aromatic rings. The second-order valence-electron chi connectivity index (χ2n) is 3.48. The summed E-state index contributed by atoms with van der Waals surface area (Å²) in [7, 11) is 0. The second kappa shape index (κ2) is 4.66. The molecule has 0 aliphatic rings. The number of rotatable bonds is 3. The third-order valence-corrected chi connectivity index (χ3v) is 2.29. The molecule has 84 valence electrons. The first-order valence-electron chi connectivity index (χ1n) is 4.84. The van der Waals surface area contributed by atoms with Gasteiger partial charge in [0.05, 0.1) is 6.42 Å². The average molecular weight is 217 g/mol. The Morgan fingerprint density at radius 2 is 1.87 bits per heavy atom. The molecule has 2 N–H and O–H groups in total. The van der Waals surface area contributed by atoms with Crippen LogP contribution >= 0.6 is 0 Å². The Kier molecular flexibility index (Phi) is 3.74. The molecule has 15 heavy (non-hydrogen) atoms. The van der Waals surface area contributed by atoms with Crippen molar-refractivity contribution in [3.05, 3.63) is 35.4 Å². The van der Waals surface area contributed by atoms with Crippen LogP contribution in [0.5, 0.6) is 0 Å². The van der Waals surface area contributed by atoms with Crippen molar-refractivity contribution in [2.24, 2.45) is 5.73 Å². The lowest BCUT2D eigenvalue weighted by atomic mass is 9.97. The van der Waals surface area contributed by atoms with Crippen molar-refractivity contribution in [3.63, 3.8) is 0 Å². The smallest absolute Gasteiger partial charge is 0.324 e. The quantitative estimate of drug-likeness (QED) is 0.826. The first-order chi connectivity index (χ1) is 6.94. The summed E-state index contributed by atoms with van der Waals surface area (Å²) in [6, 6.07) is 6.04. The molecule has 0 heterocycles. The van der Waals surface area contributed by atoms with Crippen LogP contribution in [0.4, 0.5) is 13.2 Å². The van der Waals surface area contributed by atoms with Crippen molar-refractivity contribution >= 4 is 0 Å². The summed E-state index contributed by atoms with van der Waals surface area (Å²) in [6.45, 7) is 1.90. The topological polar surface area (TPSA) is 26.0 Å². The predicted molar refractivity (Wildman–Crippen MR) is 53.4 cm³/mol. The maximum Gasteiger partial charge on any atom is 0.390 e. The van der Waals surface area contributed by atoms with E-state index in [-0.39, 0.29) is 0 Å². The third-order valence-electron chi connectivity index (χ3n) is 2.29. The number of hydrogen-bond donors (Lipinski definition) is 1. The van der Waals surface area contributed by atoms with Crippen LogP contribution in [0, 0.1) is 0 Å². The van der Waals surface area contributed by atoms with Gasteiger partial charge in [-0.3, -0.25) is 0 Å². The normalized spacial score (nSPS) is 13.9. The van der Waals surface area contributed by atoms with Crippen molar-refractivity contribution < 1.29 is 13.2 Å². The van der Waals surface area contributed by atoms with Gasteiger partial charge in [-0.2, -0.15) is 13.2 Å². The van der Waals surface area contributed by atoms with Crippen LogP contribution in [0.3, 0.4) is 0 Å². The molecule has 0 amide bonds. The molecule has 4 heteroatoms. The van der Waals surface area contributed by atoms with Gasteiger partial charge >= 0.3 is 6.18 Å². The SMILES string of the molecule is CCc1ccccc1C(N)CC(F)(F)F. The van der Waals surface area contributed by atoms with E-state index in [4.69, 9.17) is 5.73 Å². The molecule has 0 aliphatic carbocycles. The van der Waals surface area contributed by atoms with Gasteiger partial charge in [-0.1, -0.05) is 31.2 Å². The molecule has 0 saturated carbocycles. The number of benzene rings is 1. The van der Waals surface area contributed by atoms with E-state index in [1.54, 1.807) is 12.1 Å². The number of hydrogen-bond acceptors (Lipinski definition) is 1. The largest absolute Gasteiger partial charge is 0.390 e. The van der Waals surface area contributed by atoms with Crippen LogP contribution in [0.2, 0.25) is 0 Å². The summed E-state index contributed by atoms with van der Waals surface area (Å²) < 4.78 is 36.4. The maximum absolute atomic E-state index is 12.1. The molecule has 0 aliphatic heterocycles. The molecular formula is C11H14F3N. The second-order valence-corrected chi connectivity index (χ2v) is 3.48. The minimum atomic E-state index is -4.21. The van der Waals surface area contributed by atoms with Crippen LogP contribution in [0.15, 0.2) is 24.3 Å². The fraction of sp³-hybridized carbons (Fsp3) is 0.455. The first kappa shape index (κ1) is 12.0. The highest BCUT2D eigenvalue weighted by molar-refractivity contribution is 5.29. The van der Waals surface area contributed by atoms with E-state index >= 15 is 0 Å². The monoisotopic (exact) mass is 217 g/mol. The van der Waals surface area contributed by atoms with Crippen molar-refractivity contribution in [1.29, 1.82) is 0 Å². The highest BCUT2D eigenvalue weighted by Gasteiger charge is 2.31. The van der Waals surface area contributed by atoms with Crippen molar-refractivity contribution in [1.82, 2.24) is 0 Å². The summed E-state index contributed by atoms with van der Waals surface area (Å²) in [5, 5.41) is 0. The van der Waals surface area contributed by atoms with Gasteiger partial charge in [0.25, 0.3) is 0 Å². The fourth-order valence-electron chi connectivity index (χ4n) is 1.58. The molecule has 1 nitrogen and oxygen atoms in total. The van der Waals surface area contributed by atoms with Crippen LogP contribution in [0.1, 0.15) is 30.5 Å². The minimum Gasteiger partial charge on any atom is -0.324 e. The number of nitrogens with two attached hydrogens (primary N) is 1. The molecule has 0 spiro atoms. The van der Waals surface area contributed by atoms with Gasteiger partial charge in [0.2, 0.25) is 0 Å². The zero-order valence-corrected chi connectivity index (χ0v) is 8.51. The first-order valence-corrected chi connectivity index (χ1v) is 4.84. The summed E-state index contributed by atoms with van der Waals surface area (Å²) in [6.07, 6.45) is -4.48. The van der Waals surface area contributed by atoms with Gasteiger partial charge in [-0.25, -0.2) is 0 Å². The van der Waals surface area contributed by atoms with Crippen LogP contribution in [-0.2, 0) is 6.42 Å². The summed E-state index contributed by atoms with van der Waals surface area (Å²) in [5.41, 5.74) is 7.02. The average Bonchev–Trinajstić information content (AvgIpc) is 2.15. The van der Waals surface area contributed by atoms with E-state index in [2.05, 4.69) is 0 Å². The lowest BCUT2D eigenvalue weighted by molar-refractivity contribution is -0.138. The van der Waals surface area contributed by atoms with Crippen LogP contribution in [0.25, 0.3) is 0 Å². The zero-order chi connectivity index (χ0) is 11.5. The van der Waals surface area contributed by atoms with Crippen LogP contribution < -0.4 is 5.73 Å². The molecule has 0 radical (unpaired) electrons. The Bertz CT molecular complexity index is 320.